The average molecular weight is 372 g/mol. The predicted molar refractivity (Wildman–Crippen MR) is 99.5 cm³/mol. The van der Waals surface area contributed by atoms with Gasteiger partial charge in [-0.05, 0) is 30.5 Å². The molecule has 4 rings (SSSR count). The Hall–Kier alpha value is -1.96. The lowest BCUT2D eigenvalue weighted by molar-refractivity contribution is 0.466. The molecule has 0 aliphatic rings. The van der Waals surface area contributed by atoms with E-state index < -0.39 is 0 Å². The molecule has 0 bridgehead atoms. The van der Waals surface area contributed by atoms with E-state index in [1.54, 1.807) is 22.7 Å². The largest absolute Gasteiger partial charge is 0.411 e. The zero-order chi connectivity index (χ0) is 16.4. The van der Waals surface area contributed by atoms with Crippen molar-refractivity contribution in [3.05, 3.63) is 57.7 Å². The second-order valence-electron chi connectivity index (χ2n) is 5.18. The van der Waals surface area contributed by atoms with Crippen molar-refractivity contribution < 1.29 is 4.42 Å². The minimum atomic E-state index is 0.551. The molecule has 0 aliphatic carbocycles. The summed E-state index contributed by atoms with van der Waals surface area (Å²) in [6, 6.07) is 10.1. The molecule has 0 saturated carbocycles. The molecular formula is C17H13N3OS3. The first-order valence-corrected chi connectivity index (χ1v) is 10.1. The molecule has 0 saturated heterocycles. The zero-order valence-electron chi connectivity index (χ0n) is 12.8. The molecule has 3 aromatic heterocycles. The van der Waals surface area contributed by atoms with Gasteiger partial charge in [0.15, 0.2) is 0 Å². The van der Waals surface area contributed by atoms with Crippen LogP contribution < -0.4 is 0 Å². The van der Waals surface area contributed by atoms with Gasteiger partial charge < -0.3 is 4.42 Å². The lowest BCUT2D eigenvalue weighted by Gasteiger charge is -1.95. The van der Waals surface area contributed by atoms with Crippen molar-refractivity contribution in [2.24, 2.45) is 0 Å². The van der Waals surface area contributed by atoms with Crippen molar-refractivity contribution in [1.82, 2.24) is 15.2 Å². The molecule has 3 heterocycles. The van der Waals surface area contributed by atoms with Gasteiger partial charge in [0.05, 0.1) is 5.69 Å². The van der Waals surface area contributed by atoms with Crippen LogP contribution in [-0.4, -0.2) is 15.2 Å². The Morgan fingerprint density at radius 2 is 1.92 bits per heavy atom. The maximum atomic E-state index is 5.73. The quantitative estimate of drug-likeness (QED) is 0.432. The van der Waals surface area contributed by atoms with Crippen LogP contribution in [0.3, 0.4) is 0 Å². The molecule has 0 unspecified atom stereocenters. The van der Waals surface area contributed by atoms with E-state index in [0.29, 0.717) is 11.1 Å². The third-order valence-corrected chi connectivity index (χ3v) is 5.84. The SMILES string of the molecule is Cc1ccc(-c2nnc(SCc3csc(-c4ccsc4)n3)o2)cc1. The fourth-order valence-corrected chi connectivity index (χ4v) is 4.40. The highest BCUT2D eigenvalue weighted by atomic mass is 32.2. The van der Waals surface area contributed by atoms with Crippen LogP contribution in [0.2, 0.25) is 0 Å². The van der Waals surface area contributed by atoms with E-state index in [-0.39, 0.29) is 0 Å². The highest BCUT2D eigenvalue weighted by Crippen LogP contribution is 2.29. The van der Waals surface area contributed by atoms with Crippen LogP contribution in [-0.2, 0) is 5.75 Å². The van der Waals surface area contributed by atoms with Crippen LogP contribution in [0.15, 0.2) is 56.1 Å². The molecule has 4 nitrogen and oxygen atoms in total. The van der Waals surface area contributed by atoms with Gasteiger partial charge in [-0.25, -0.2) is 4.98 Å². The van der Waals surface area contributed by atoms with E-state index >= 15 is 0 Å². The Morgan fingerprint density at radius 3 is 2.71 bits per heavy atom. The highest BCUT2D eigenvalue weighted by molar-refractivity contribution is 7.98. The van der Waals surface area contributed by atoms with Gasteiger partial charge in [-0.15, -0.1) is 21.5 Å². The van der Waals surface area contributed by atoms with Gasteiger partial charge in [-0.3, -0.25) is 0 Å². The van der Waals surface area contributed by atoms with E-state index in [1.165, 1.54) is 22.9 Å². The van der Waals surface area contributed by atoms with Gasteiger partial charge in [-0.1, -0.05) is 29.5 Å². The Balaban J connectivity index is 1.42. The molecule has 24 heavy (non-hydrogen) atoms. The third kappa shape index (κ3) is 3.43. The Kier molecular flexibility index (Phi) is 4.46. The summed E-state index contributed by atoms with van der Waals surface area (Å²) in [6.45, 7) is 2.05. The lowest BCUT2D eigenvalue weighted by Crippen LogP contribution is -1.81. The van der Waals surface area contributed by atoms with E-state index in [1.807, 2.05) is 24.3 Å². The van der Waals surface area contributed by atoms with Crippen molar-refractivity contribution in [1.29, 1.82) is 0 Å². The highest BCUT2D eigenvalue weighted by Gasteiger charge is 2.11. The molecule has 1 aromatic carbocycles. The summed E-state index contributed by atoms with van der Waals surface area (Å²) < 4.78 is 5.73. The number of aromatic nitrogens is 3. The minimum absolute atomic E-state index is 0.551. The summed E-state index contributed by atoms with van der Waals surface area (Å²) in [5, 5.41) is 16.1. The van der Waals surface area contributed by atoms with Crippen LogP contribution in [0.5, 0.6) is 0 Å². The summed E-state index contributed by atoms with van der Waals surface area (Å²) in [4.78, 5) is 4.66. The molecule has 0 atom stereocenters. The maximum absolute atomic E-state index is 5.73. The van der Waals surface area contributed by atoms with Crippen molar-refractivity contribution in [2.75, 3.05) is 0 Å². The standard InChI is InChI=1S/C17H13N3OS3/c1-11-2-4-12(5-3-11)15-19-20-17(21-15)24-10-14-9-23-16(18-14)13-6-7-22-8-13/h2-9H,10H2,1H3. The fourth-order valence-electron chi connectivity index (χ4n) is 2.11. The van der Waals surface area contributed by atoms with Gasteiger partial charge in [0.2, 0.25) is 5.89 Å². The number of thiophene rings is 1. The zero-order valence-corrected chi connectivity index (χ0v) is 15.3. The molecule has 7 heteroatoms. The molecular weight excluding hydrogens is 358 g/mol. The summed E-state index contributed by atoms with van der Waals surface area (Å²) >= 11 is 4.85. The fraction of sp³-hybridized carbons (Fsp3) is 0.118. The Bertz CT molecular complexity index is 926. The van der Waals surface area contributed by atoms with Crippen molar-refractivity contribution >= 4 is 34.4 Å². The third-order valence-electron chi connectivity index (χ3n) is 3.37. The number of thiazole rings is 1. The number of hydrogen-bond donors (Lipinski definition) is 0. The minimum Gasteiger partial charge on any atom is -0.411 e. The molecule has 0 N–H and O–H groups in total. The molecule has 0 fully saturated rings. The first-order chi connectivity index (χ1) is 11.8. The van der Waals surface area contributed by atoms with Crippen molar-refractivity contribution in [3.8, 4) is 22.0 Å². The van der Waals surface area contributed by atoms with E-state index in [4.69, 9.17) is 4.42 Å². The number of thioether (sulfide) groups is 1. The topological polar surface area (TPSA) is 51.8 Å². The summed E-state index contributed by atoms with van der Waals surface area (Å²) in [6.07, 6.45) is 0. The average Bonchev–Trinajstić information content (AvgIpc) is 3.34. The second kappa shape index (κ2) is 6.88. The van der Waals surface area contributed by atoms with Crippen LogP contribution in [0.25, 0.3) is 22.0 Å². The molecule has 0 aliphatic heterocycles. The number of hydrogen-bond acceptors (Lipinski definition) is 7. The van der Waals surface area contributed by atoms with Crippen LogP contribution in [0.1, 0.15) is 11.3 Å². The van der Waals surface area contributed by atoms with Gasteiger partial charge in [0, 0.05) is 27.6 Å². The molecule has 0 spiro atoms. The predicted octanol–water partition coefficient (Wildman–Crippen LogP) is 5.52. The number of rotatable bonds is 5. The lowest BCUT2D eigenvalue weighted by atomic mass is 10.1. The van der Waals surface area contributed by atoms with Gasteiger partial charge in [0.1, 0.15) is 5.01 Å². The van der Waals surface area contributed by atoms with Gasteiger partial charge in [0.25, 0.3) is 5.22 Å². The number of aryl methyl sites for hydroxylation is 1. The Morgan fingerprint density at radius 1 is 1.04 bits per heavy atom. The summed E-state index contributed by atoms with van der Waals surface area (Å²) in [5.41, 5.74) is 4.35. The first kappa shape index (κ1) is 15.6. The molecule has 4 aromatic rings. The second-order valence-corrected chi connectivity index (χ2v) is 7.75. The van der Waals surface area contributed by atoms with E-state index in [9.17, 15) is 0 Å². The van der Waals surface area contributed by atoms with Crippen LogP contribution in [0, 0.1) is 6.92 Å². The smallest absolute Gasteiger partial charge is 0.277 e. The maximum Gasteiger partial charge on any atom is 0.277 e. The summed E-state index contributed by atoms with van der Waals surface area (Å²) in [5.74, 6) is 1.27. The molecule has 0 radical (unpaired) electrons. The number of benzene rings is 1. The van der Waals surface area contributed by atoms with E-state index in [0.717, 1.165) is 22.0 Å². The van der Waals surface area contributed by atoms with Crippen molar-refractivity contribution in [3.63, 3.8) is 0 Å². The van der Waals surface area contributed by atoms with Crippen LogP contribution >= 0.6 is 34.4 Å². The number of nitrogens with zero attached hydrogens (tertiary/aromatic N) is 3. The monoisotopic (exact) mass is 371 g/mol. The molecule has 0 amide bonds. The van der Waals surface area contributed by atoms with Crippen molar-refractivity contribution in [2.45, 2.75) is 17.9 Å². The normalized spacial score (nSPS) is 11.0. The van der Waals surface area contributed by atoms with Crippen LogP contribution in [0.4, 0.5) is 0 Å². The molecule has 120 valence electrons. The Labute approximate surface area is 151 Å². The van der Waals surface area contributed by atoms with E-state index in [2.05, 4.69) is 44.3 Å². The van der Waals surface area contributed by atoms with Gasteiger partial charge in [-0.2, -0.15) is 11.3 Å². The summed E-state index contributed by atoms with van der Waals surface area (Å²) in [7, 11) is 0. The first-order valence-electron chi connectivity index (χ1n) is 7.28. The van der Waals surface area contributed by atoms with Gasteiger partial charge >= 0.3 is 0 Å².